The van der Waals surface area contributed by atoms with Crippen LogP contribution >= 0.6 is 0 Å². The molecule has 0 unspecified atom stereocenters. The van der Waals surface area contributed by atoms with Crippen LogP contribution in [0.5, 0.6) is 0 Å². The summed E-state index contributed by atoms with van der Waals surface area (Å²) in [6.45, 7) is 1.35. The second-order valence-corrected chi connectivity index (χ2v) is 5.29. The van der Waals surface area contributed by atoms with Gasteiger partial charge < -0.3 is 14.4 Å². The number of ether oxygens (including phenoxy) is 1. The zero-order chi connectivity index (χ0) is 16.2. The summed E-state index contributed by atoms with van der Waals surface area (Å²) in [5.74, 6) is 0.653. The number of nitrogens with zero attached hydrogens (tertiary/aromatic N) is 4. The third kappa shape index (κ3) is 2.65. The fraction of sp³-hybridized carbons (Fsp3) is 0.353. The fourth-order valence-electron chi connectivity index (χ4n) is 3.07. The standard InChI is InChI=1S/C15H16N4O2.C2H2/c20-8-13-18-12-7-17-11-4-1-5-16-14(11)15(12)19(13)10-3-2-6-21-9-10;1-2/h1,4-5,7,10,20H,2-3,6,8-9H2;1-2H/t10-;/m0./s1. The summed E-state index contributed by atoms with van der Waals surface area (Å²) in [6.07, 6.45) is 13.6. The van der Waals surface area contributed by atoms with E-state index in [1.54, 1.807) is 12.4 Å². The smallest absolute Gasteiger partial charge is 0.136 e. The number of aliphatic hydroxyl groups excluding tert-OH is 1. The third-order valence-electron chi connectivity index (χ3n) is 3.99. The summed E-state index contributed by atoms with van der Waals surface area (Å²) in [5.41, 5.74) is 3.39. The van der Waals surface area contributed by atoms with Gasteiger partial charge in [0.15, 0.2) is 0 Å². The van der Waals surface area contributed by atoms with E-state index in [1.807, 2.05) is 12.1 Å². The number of aromatic nitrogens is 4. The van der Waals surface area contributed by atoms with E-state index in [0.29, 0.717) is 12.4 Å². The highest BCUT2D eigenvalue weighted by Gasteiger charge is 2.23. The molecular weight excluding hydrogens is 292 g/mol. The molecule has 1 atom stereocenters. The van der Waals surface area contributed by atoms with Crippen molar-refractivity contribution < 1.29 is 9.84 Å². The Morgan fingerprint density at radius 1 is 1.30 bits per heavy atom. The molecule has 0 spiro atoms. The number of hydrogen-bond donors (Lipinski definition) is 1. The maximum atomic E-state index is 9.66. The van der Waals surface area contributed by atoms with E-state index in [-0.39, 0.29) is 12.6 Å². The minimum absolute atomic E-state index is 0.0977. The minimum atomic E-state index is -0.0977. The monoisotopic (exact) mass is 310 g/mol. The summed E-state index contributed by atoms with van der Waals surface area (Å²) >= 11 is 0. The number of fused-ring (bicyclic) bond motifs is 3. The van der Waals surface area contributed by atoms with E-state index >= 15 is 0 Å². The van der Waals surface area contributed by atoms with Crippen LogP contribution in [0.2, 0.25) is 0 Å². The molecule has 0 amide bonds. The van der Waals surface area contributed by atoms with E-state index in [1.165, 1.54) is 0 Å². The Kier molecular flexibility index (Phi) is 4.51. The average Bonchev–Trinajstić information content (AvgIpc) is 3.03. The van der Waals surface area contributed by atoms with Gasteiger partial charge in [-0.05, 0) is 25.0 Å². The Labute approximate surface area is 134 Å². The molecule has 1 N–H and O–H groups in total. The number of imidazole rings is 1. The van der Waals surface area contributed by atoms with Gasteiger partial charge in [0, 0.05) is 12.8 Å². The van der Waals surface area contributed by atoms with E-state index in [0.717, 1.165) is 41.5 Å². The first-order valence-corrected chi connectivity index (χ1v) is 7.51. The van der Waals surface area contributed by atoms with Crippen molar-refractivity contribution in [2.45, 2.75) is 25.5 Å². The zero-order valence-corrected chi connectivity index (χ0v) is 12.7. The van der Waals surface area contributed by atoms with Gasteiger partial charge in [-0.2, -0.15) is 0 Å². The zero-order valence-electron chi connectivity index (χ0n) is 12.7. The van der Waals surface area contributed by atoms with Crippen molar-refractivity contribution >= 4 is 22.1 Å². The molecule has 0 radical (unpaired) electrons. The molecule has 1 aliphatic heterocycles. The van der Waals surface area contributed by atoms with Crippen LogP contribution in [0.3, 0.4) is 0 Å². The summed E-state index contributed by atoms with van der Waals surface area (Å²) in [6, 6.07) is 4.01. The molecule has 3 aromatic rings. The summed E-state index contributed by atoms with van der Waals surface area (Å²) < 4.78 is 7.69. The van der Waals surface area contributed by atoms with Gasteiger partial charge in [-0.25, -0.2) is 4.98 Å². The third-order valence-corrected chi connectivity index (χ3v) is 3.99. The summed E-state index contributed by atoms with van der Waals surface area (Å²) in [7, 11) is 0. The Bertz CT molecular complexity index is 834. The lowest BCUT2D eigenvalue weighted by molar-refractivity contribution is 0.0582. The highest BCUT2D eigenvalue weighted by molar-refractivity contribution is 5.99. The highest BCUT2D eigenvalue weighted by Crippen LogP contribution is 2.30. The summed E-state index contributed by atoms with van der Waals surface area (Å²) in [5, 5.41) is 9.66. The van der Waals surface area contributed by atoms with E-state index in [2.05, 4.69) is 32.4 Å². The molecule has 118 valence electrons. The predicted octanol–water partition coefficient (Wildman–Crippen LogP) is 2.07. The maximum absolute atomic E-state index is 9.66. The summed E-state index contributed by atoms with van der Waals surface area (Å²) in [4.78, 5) is 13.4. The molecule has 4 heterocycles. The first-order valence-electron chi connectivity index (χ1n) is 7.51. The van der Waals surface area contributed by atoms with Gasteiger partial charge in [-0.1, -0.05) is 0 Å². The number of terminal acetylenes is 1. The topological polar surface area (TPSA) is 73.1 Å². The molecule has 0 aliphatic carbocycles. The van der Waals surface area contributed by atoms with E-state index in [9.17, 15) is 5.11 Å². The van der Waals surface area contributed by atoms with Crippen molar-refractivity contribution in [2.75, 3.05) is 13.2 Å². The van der Waals surface area contributed by atoms with Crippen molar-refractivity contribution in [2.24, 2.45) is 0 Å². The van der Waals surface area contributed by atoms with Gasteiger partial charge in [0.2, 0.25) is 0 Å². The van der Waals surface area contributed by atoms with Gasteiger partial charge in [0.05, 0.1) is 29.9 Å². The molecule has 1 fully saturated rings. The van der Waals surface area contributed by atoms with Crippen molar-refractivity contribution in [1.82, 2.24) is 19.5 Å². The van der Waals surface area contributed by atoms with Crippen molar-refractivity contribution in [3.8, 4) is 12.8 Å². The van der Waals surface area contributed by atoms with Gasteiger partial charge in [0.1, 0.15) is 23.5 Å². The van der Waals surface area contributed by atoms with Crippen molar-refractivity contribution in [3.63, 3.8) is 0 Å². The van der Waals surface area contributed by atoms with Crippen molar-refractivity contribution in [1.29, 1.82) is 0 Å². The number of pyridine rings is 2. The molecule has 4 rings (SSSR count). The quantitative estimate of drug-likeness (QED) is 0.734. The SMILES string of the molecule is C#C.OCc1nc2cnc3cccnc3c2n1[C@H]1CCCOC1. The van der Waals surface area contributed by atoms with Gasteiger partial charge in [0.25, 0.3) is 0 Å². The largest absolute Gasteiger partial charge is 0.388 e. The predicted molar refractivity (Wildman–Crippen MR) is 87.7 cm³/mol. The lowest BCUT2D eigenvalue weighted by Gasteiger charge is -2.25. The van der Waals surface area contributed by atoms with E-state index < -0.39 is 0 Å². The Hall–Kier alpha value is -2.49. The van der Waals surface area contributed by atoms with Crippen LogP contribution in [0, 0.1) is 12.8 Å². The fourth-order valence-corrected chi connectivity index (χ4v) is 3.07. The van der Waals surface area contributed by atoms with Gasteiger partial charge in [-0.3, -0.25) is 9.97 Å². The second-order valence-electron chi connectivity index (χ2n) is 5.29. The molecule has 3 aromatic heterocycles. The Morgan fingerprint density at radius 2 is 2.17 bits per heavy atom. The van der Waals surface area contributed by atoms with Crippen LogP contribution in [-0.2, 0) is 11.3 Å². The Morgan fingerprint density at radius 3 is 2.91 bits per heavy atom. The van der Waals surface area contributed by atoms with Crippen LogP contribution in [0.4, 0.5) is 0 Å². The van der Waals surface area contributed by atoms with Crippen LogP contribution in [0.15, 0.2) is 24.5 Å². The number of rotatable bonds is 2. The van der Waals surface area contributed by atoms with Crippen LogP contribution in [0.25, 0.3) is 22.1 Å². The van der Waals surface area contributed by atoms with Crippen LogP contribution in [-0.4, -0.2) is 37.8 Å². The number of hydrogen-bond acceptors (Lipinski definition) is 5. The molecule has 1 saturated heterocycles. The van der Waals surface area contributed by atoms with Crippen LogP contribution in [0.1, 0.15) is 24.7 Å². The minimum Gasteiger partial charge on any atom is -0.388 e. The maximum Gasteiger partial charge on any atom is 0.136 e. The highest BCUT2D eigenvalue weighted by atomic mass is 16.5. The molecule has 0 bridgehead atoms. The molecule has 1 aliphatic rings. The molecule has 6 nitrogen and oxygen atoms in total. The second kappa shape index (κ2) is 6.73. The van der Waals surface area contributed by atoms with Gasteiger partial charge in [-0.15, -0.1) is 12.8 Å². The first-order chi connectivity index (χ1) is 11.4. The lowest BCUT2D eigenvalue weighted by atomic mass is 10.1. The van der Waals surface area contributed by atoms with Crippen LogP contribution < -0.4 is 0 Å². The molecular formula is C17H18N4O2. The molecule has 6 heteroatoms. The number of aliphatic hydroxyl groups is 1. The molecule has 0 aromatic carbocycles. The lowest BCUT2D eigenvalue weighted by Crippen LogP contribution is -2.23. The normalized spacial score (nSPS) is 17.8. The molecule has 0 saturated carbocycles. The van der Waals surface area contributed by atoms with E-state index in [4.69, 9.17) is 4.74 Å². The van der Waals surface area contributed by atoms with Gasteiger partial charge >= 0.3 is 0 Å². The van der Waals surface area contributed by atoms with Crippen molar-refractivity contribution in [3.05, 3.63) is 30.4 Å². The molecule has 23 heavy (non-hydrogen) atoms. The Balaban J connectivity index is 0.000000753. The average molecular weight is 310 g/mol. The first kappa shape index (κ1) is 15.4.